The third-order valence-corrected chi connectivity index (χ3v) is 8.66. The van der Waals surface area contributed by atoms with Crippen LogP contribution in [0.25, 0.3) is 0 Å². The van der Waals surface area contributed by atoms with Gasteiger partial charge in [0.1, 0.15) is 0 Å². The van der Waals surface area contributed by atoms with Gasteiger partial charge in [0.05, 0.1) is 0 Å². The number of hydrogen-bond acceptors (Lipinski definition) is 3. The van der Waals surface area contributed by atoms with Crippen molar-refractivity contribution in [2.75, 3.05) is 6.66 Å². The molecule has 0 spiro atoms. The van der Waals surface area contributed by atoms with Crippen molar-refractivity contribution in [3.05, 3.63) is 11.5 Å². The van der Waals surface area contributed by atoms with E-state index in [2.05, 4.69) is 13.6 Å². The van der Waals surface area contributed by atoms with Gasteiger partial charge in [0.2, 0.25) is 0 Å². The van der Waals surface area contributed by atoms with E-state index in [1.165, 1.54) is 0 Å². The first-order chi connectivity index (χ1) is 11.8. The molecule has 0 saturated heterocycles. The molecule has 1 aliphatic heterocycles. The summed E-state index contributed by atoms with van der Waals surface area (Å²) in [6, 6.07) is 0. The minimum absolute atomic E-state index is 0.126. The summed E-state index contributed by atoms with van der Waals surface area (Å²) >= 11 is 0. The van der Waals surface area contributed by atoms with Gasteiger partial charge >= 0.3 is 148 Å². The summed E-state index contributed by atoms with van der Waals surface area (Å²) in [4.78, 5) is 0. The average molecular weight is 464 g/mol. The molecule has 0 aromatic heterocycles. The molecule has 0 aromatic rings. The molecule has 0 N–H and O–H groups in total. The van der Waals surface area contributed by atoms with Crippen molar-refractivity contribution >= 4 is 7.28 Å². The second kappa shape index (κ2) is 6.19. The van der Waals surface area contributed by atoms with Crippen molar-refractivity contribution < 1.29 is 66.3 Å². The van der Waals surface area contributed by atoms with Crippen molar-refractivity contribution in [1.82, 2.24) is 0 Å². The van der Waals surface area contributed by atoms with Crippen molar-refractivity contribution in [1.29, 1.82) is 0 Å². The fourth-order valence-corrected chi connectivity index (χ4v) is 4.84. The van der Waals surface area contributed by atoms with Crippen LogP contribution in [0.5, 0.6) is 0 Å². The van der Waals surface area contributed by atoms with Crippen molar-refractivity contribution in [3.63, 3.8) is 0 Å². The number of hydrogen-bond donors (Lipinski definition) is 0. The van der Waals surface area contributed by atoms with Crippen molar-refractivity contribution in [2.24, 2.45) is 0 Å². The Balaban J connectivity index is 3.72. The van der Waals surface area contributed by atoms with Gasteiger partial charge in [-0.15, -0.1) is 0 Å². The van der Waals surface area contributed by atoms with Crippen molar-refractivity contribution in [3.8, 4) is 0 Å². The molecule has 1 aliphatic rings. The second-order valence-electron chi connectivity index (χ2n) is 6.84. The van der Waals surface area contributed by atoms with E-state index in [4.69, 9.17) is 0 Å². The number of allylic oxidation sites excluding steroid dienone is 2. The molecule has 0 aromatic carbocycles. The molecule has 28 heavy (non-hydrogen) atoms. The Morgan fingerprint density at radius 1 is 0.679 bits per heavy atom. The van der Waals surface area contributed by atoms with Gasteiger partial charge in [0.15, 0.2) is 0 Å². The van der Waals surface area contributed by atoms with E-state index in [9.17, 15) is 52.7 Å². The predicted octanol–water partition coefficient (Wildman–Crippen LogP) is 6.61. The van der Waals surface area contributed by atoms with Gasteiger partial charge in [-0.3, -0.25) is 0 Å². The molecule has 168 valence electrons. The van der Waals surface area contributed by atoms with Crippen LogP contribution in [0.3, 0.4) is 0 Å². The van der Waals surface area contributed by atoms with Gasteiger partial charge in [-0.05, 0) is 0 Å². The Morgan fingerprint density at radius 2 is 0.964 bits per heavy atom. The van der Waals surface area contributed by atoms with E-state index in [1.54, 1.807) is 0 Å². The van der Waals surface area contributed by atoms with E-state index in [1.807, 2.05) is 0 Å². The molecule has 0 saturated carbocycles. The van der Waals surface area contributed by atoms with Gasteiger partial charge in [0, 0.05) is 0 Å². The normalized spacial score (nSPS) is 22.5. The maximum atomic E-state index is 13.0. The first-order valence-corrected chi connectivity index (χ1v) is 9.39. The van der Waals surface area contributed by atoms with Gasteiger partial charge < -0.3 is 0 Å². The van der Waals surface area contributed by atoms with Crippen LogP contribution >= 0.6 is 7.28 Å². The summed E-state index contributed by atoms with van der Waals surface area (Å²) in [6.45, 7) is 2.30. The fourth-order valence-electron chi connectivity index (χ4n) is 1.91. The van der Waals surface area contributed by atoms with Crippen LogP contribution in [0.1, 0.15) is 20.8 Å². The molecule has 0 amide bonds. The summed E-state index contributed by atoms with van der Waals surface area (Å²) in [5.41, 5.74) is 0. The van der Waals surface area contributed by atoms with Crippen LogP contribution in [0.2, 0.25) is 0 Å². The summed E-state index contributed by atoms with van der Waals surface area (Å²) in [5.74, 6) is -5.84. The Bertz CT molecular complexity index is 609. The Labute approximate surface area is 149 Å². The van der Waals surface area contributed by atoms with Crippen LogP contribution in [-0.4, -0.2) is 42.6 Å². The molecule has 1 heterocycles. The van der Waals surface area contributed by atoms with Gasteiger partial charge in [-0.1, -0.05) is 0 Å². The van der Waals surface area contributed by atoms with Crippen LogP contribution < -0.4 is 0 Å². The Kier molecular flexibility index (Phi) is 5.51. The zero-order valence-corrected chi connectivity index (χ0v) is 15.2. The second-order valence-corrected chi connectivity index (χ2v) is 11.3. The summed E-state index contributed by atoms with van der Waals surface area (Å²) < 4.78 is 167. The zero-order chi connectivity index (χ0) is 22.8. The average Bonchev–Trinajstić information content (AvgIpc) is 2.70. The topological polar surface area (TPSA) is 27.7 Å². The first-order valence-electron chi connectivity index (χ1n) is 6.96. The number of halogens is 12. The quantitative estimate of drug-likeness (QED) is 0.340. The third kappa shape index (κ3) is 4.39. The minimum atomic E-state index is -6.43. The van der Waals surface area contributed by atoms with E-state index >= 15 is 0 Å². The third-order valence-electron chi connectivity index (χ3n) is 3.76. The first kappa shape index (κ1) is 24.9. The SMILES string of the molecule is CC(C)(C)P1(C)(OC(C(F)(F)F)C(F)(F)F)OC(C(F)(F)F)=C(C(F)(F)F)O1. The van der Waals surface area contributed by atoms with E-state index in [-0.39, 0.29) is 6.66 Å². The number of rotatable bonds is 2. The van der Waals surface area contributed by atoms with Crippen molar-refractivity contribution in [2.45, 2.75) is 56.7 Å². The van der Waals surface area contributed by atoms with Gasteiger partial charge in [-0.25, -0.2) is 0 Å². The Morgan fingerprint density at radius 3 is 1.14 bits per heavy atom. The monoisotopic (exact) mass is 464 g/mol. The molecule has 3 nitrogen and oxygen atoms in total. The molecule has 1 rings (SSSR count). The van der Waals surface area contributed by atoms with Gasteiger partial charge in [-0.2, -0.15) is 0 Å². The standard InChI is InChI=1S/C12H13F12O3P/c1-8(2,3)28(4,27-7(11(19,20)21)12(22,23)24)25-5(9(13,14)15)6(26-28)10(16,17)18/h7H,1-4H3. The van der Waals surface area contributed by atoms with Crippen LogP contribution in [-0.2, 0) is 13.6 Å². The molecule has 0 radical (unpaired) electrons. The molecular formula is C12H13F12O3P. The molecule has 0 aliphatic carbocycles. The maximum absolute atomic E-state index is 13.0. The summed E-state index contributed by atoms with van der Waals surface area (Å²) in [6.07, 6.45) is -29.1. The van der Waals surface area contributed by atoms with Crippen LogP contribution in [0.15, 0.2) is 11.5 Å². The summed E-state index contributed by atoms with van der Waals surface area (Å²) in [5, 5.41) is -2.30. The molecule has 0 unspecified atom stereocenters. The molecule has 16 heteroatoms. The molecule has 0 atom stereocenters. The van der Waals surface area contributed by atoms with E-state index in [0.29, 0.717) is 0 Å². The van der Waals surface area contributed by atoms with E-state index in [0.717, 1.165) is 20.8 Å². The molecule has 0 bridgehead atoms. The Hall–Kier alpha value is -1.11. The van der Waals surface area contributed by atoms with E-state index < -0.39 is 54.8 Å². The molecular weight excluding hydrogens is 451 g/mol. The van der Waals surface area contributed by atoms with Gasteiger partial charge in [0.25, 0.3) is 0 Å². The predicted molar refractivity (Wildman–Crippen MR) is 70.9 cm³/mol. The van der Waals surface area contributed by atoms with Crippen LogP contribution in [0, 0.1) is 0 Å². The van der Waals surface area contributed by atoms with Crippen LogP contribution in [0.4, 0.5) is 52.7 Å². The zero-order valence-electron chi connectivity index (χ0n) is 14.3. The molecule has 0 fully saturated rings. The number of alkyl halides is 12. The fraction of sp³-hybridized carbons (Fsp3) is 0.833. The summed E-state index contributed by atoms with van der Waals surface area (Å²) in [7, 11) is -6.43.